The lowest BCUT2D eigenvalue weighted by molar-refractivity contribution is 0.565. The van der Waals surface area contributed by atoms with Crippen LogP contribution in [0, 0.1) is 11.8 Å². The molecule has 2 fully saturated rings. The van der Waals surface area contributed by atoms with Crippen LogP contribution in [0.25, 0.3) is 0 Å². The predicted molar refractivity (Wildman–Crippen MR) is 65.4 cm³/mol. The Morgan fingerprint density at radius 1 is 1.18 bits per heavy atom. The van der Waals surface area contributed by atoms with Crippen molar-refractivity contribution in [3.05, 3.63) is 29.3 Å². The van der Waals surface area contributed by atoms with E-state index in [1.54, 1.807) is 12.1 Å². The van der Waals surface area contributed by atoms with E-state index in [0.717, 1.165) is 13.1 Å². The average Bonchev–Trinajstić information content (AvgIpc) is 2.75. The lowest BCUT2D eigenvalue weighted by atomic mass is 10.4. The second-order valence-electron chi connectivity index (χ2n) is 4.59. The van der Waals surface area contributed by atoms with Crippen LogP contribution in [0.15, 0.2) is 29.2 Å². The van der Waals surface area contributed by atoms with Crippen molar-refractivity contribution in [1.29, 1.82) is 0 Å². The van der Waals surface area contributed by atoms with E-state index in [1.165, 1.54) is 12.1 Å². The summed E-state index contributed by atoms with van der Waals surface area (Å²) in [5, 5.41) is 3.77. The van der Waals surface area contributed by atoms with Crippen LogP contribution in [0.2, 0.25) is 5.02 Å². The Bertz CT molecular complexity index is 519. The molecule has 0 spiro atoms. The van der Waals surface area contributed by atoms with Crippen molar-refractivity contribution >= 4 is 21.6 Å². The number of hydrogen-bond acceptors (Lipinski definition) is 3. The van der Waals surface area contributed by atoms with Gasteiger partial charge in [0, 0.05) is 11.1 Å². The molecule has 2 aliphatic rings. The Labute approximate surface area is 105 Å². The van der Waals surface area contributed by atoms with E-state index >= 15 is 0 Å². The van der Waals surface area contributed by atoms with Gasteiger partial charge in [-0.05, 0) is 49.2 Å². The summed E-state index contributed by atoms with van der Waals surface area (Å²) in [6.07, 6.45) is 0. The lowest BCUT2D eigenvalue weighted by Crippen LogP contribution is -2.32. The molecule has 0 bridgehead atoms. The molecular formula is C11H13ClN2O2S. The van der Waals surface area contributed by atoms with E-state index in [4.69, 9.17) is 11.6 Å². The smallest absolute Gasteiger partial charge is 0.240 e. The number of hydrogen-bond donors (Lipinski definition) is 2. The standard InChI is InChI=1S/C11H13ClN2O2S/c12-7-1-3-8(4-2-7)17(15,16)14-11-9-5-13-6-10(9)11/h1-4,9-11,13-14H,5-6H2. The molecule has 0 amide bonds. The Kier molecular flexibility index (Phi) is 2.66. The highest BCUT2D eigenvalue weighted by Gasteiger charge is 2.54. The van der Waals surface area contributed by atoms with Crippen LogP contribution in [0.3, 0.4) is 0 Å². The molecule has 1 saturated heterocycles. The van der Waals surface area contributed by atoms with Gasteiger partial charge in [0.2, 0.25) is 10.0 Å². The Balaban J connectivity index is 1.75. The highest BCUT2D eigenvalue weighted by molar-refractivity contribution is 7.89. The minimum atomic E-state index is -3.39. The van der Waals surface area contributed by atoms with Crippen LogP contribution in [-0.4, -0.2) is 27.5 Å². The summed E-state index contributed by atoms with van der Waals surface area (Å²) in [4.78, 5) is 0.278. The predicted octanol–water partition coefficient (Wildman–Crippen LogP) is 0.836. The third-order valence-electron chi connectivity index (χ3n) is 3.51. The van der Waals surface area contributed by atoms with Crippen molar-refractivity contribution in [3.8, 4) is 0 Å². The van der Waals surface area contributed by atoms with Crippen LogP contribution in [0.5, 0.6) is 0 Å². The second kappa shape index (κ2) is 3.95. The SMILES string of the molecule is O=S(=O)(NC1C2CNCC21)c1ccc(Cl)cc1. The van der Waals surface area contributed by atoms with E-state index in [1.807, 2.05) is 0 Å². The van der Waals surface area contributed by atoms with Gasteiger partial charge in [-0.2, -0.15) is 0 Å². The molecule has 2 N–H and O–H groups in total. The fourth-order valence-electron chi connectivity index (χ4n) is 2.45. The van der Waals surface area contributed by atoms with Gasteiger partial charge in [0.1, 0.15) is 0 Å². The highest BCUT2D eigenvalue weighted by atomic mass is 35.5. The van der Waals surface area contributed by atoms with Crippen LogP contribution in [-0.2, 0) is 10.0 Å². The van der Waals surface area contributed by atoms with Crippen molar-refractivity contribution in [2.45, 2.75) is 10.9 Å². The maximum Gasteiger partial charge on any atom is 0.240 e. The van der Waals surface area contributed by atoms with Crippen molar-refractivity contribution in [3.63, 3.8) is 0 Å². The van der Waals surface area contributed by atoms with Crippen molar-refractivity contribution in [2.24, 2.45) is 11.8 Å². The quantitative estimate of drug-likeness (QED) is 0.857. The van der Waals surface area contributed by atoms with Gasteiger partial charge >= 0.3 is 0 Å². The molecule has 1 aliphatic heterocycles. The van der Waals surface area contributed by atoms with Crippen LogP contribution in [0.4, 0.5) is 0 Å². The van der Waals surface area contributed by atoms with Crippen LogP contribution < -0.4 is 10.0 Å². The molecule has 6 heteroatoms. The summed E-state index contributed by atoms with van der Waals surface area (Å²) in [5.41, 5.74) is 0. The van der Waals surface area contributed by atoms with Gasteiger partial charge in [-0.1, -0.05) is 11.6 Å². The normalized spacial score (nSPS) is 31.2. The summed E-state index contributed by atoms with van der Waals surface area (Å²) in [6.45, 7) is 1.83. The average molecular weight is 273 g/mol. The van der Waals surface area contributed by atoms with Gasteiger partial charge in [-0.3, -0.25) is 0 Å². The Morgan fingerprint density at radius 3 is 2.35 bits per heavy atom. The highest BCUT2D eigenvalue weighted by Crippen LogP contribution is 2.42. The number of rotatable bonds is 3. The largest absolute Gasteiger partial charge is 0.316 e. The molecular weight excluding hydrogens is 260 g/mol. The minimum absolute atomic E-state index is 0.108. The molecule has 1 heterocycles. The molecule has 92 valence electrons. The molecule has 0 aromatic heterocycles. The van der Waals surface area contributed by atoms with Crippen molar-refractivity contribution < 1.29 is 8.42 Å². The number of fused-ring (bicyclic) bond motifs is 1. The van der Waals surface area contributed by atoms with Crippen molar-refractivity contribution in [1.82, 2.24) is 10.0 Å². The summed E-state index contributed by atoms with van der Waals surface area (Å²) in [6, 6.07) is 6.34. The Morgan fingerprint density at radius 2 is 1.76 bits per heavy atom. The topological polar surface area (TPSA) is 58.2 Å². The van der Waals surface area contributed by atoms with Gasteiger partial charge in [0.25, 0.3) is 0 Å². The first-order valence-electron chi connectivity index (χ1n) is 5.56. The molecule has 0 radical (unpaired) electrons. The van der Waals surface area contributed by atoms with E-state index in [2.05, 4.69) is 10.0 Å². The lowest BCUT2D eigenvalue weighted by Gasteiger charge is -2.08. The number of piperidine rings is 1. The summed E-state index contributed by atoms with van der Waals surface area (Å²) in [5.74, 6) is 0.939. The zero-order chi connectivity index (χ0) is 12.0. The van der Waals surface area contributed by atoms with E-state index in [-0.39, 0.29) is 10.9 Å². The van der Waals surface area contributed by atoms with E-state index in [0.29, 0.717) is 16.9 Å². The number of halogens is 1. The number of benzene rings is 1. The number of sulfonamides is 1. The fraction of sp³-hybridized carbons (Fsp3) is 0.455. The third kappa shape index (κ3) is 2.08. The van der Waals surface area contributed by atoms with Gasteiger partial charge < -0.3 is 5.32 Å². The molecule has 17 heavy (non-hydrogen) atoms. The first-order valence-corrected chi connectivity index (χ1v) is 7.43. The minimum Gasteiger partial charge on any atom is -0.316 e. The molecule has 1 aromatic carbocycles. The molecule has 1 aliphatic carbocycles. The molecule has 2 atom stereocenters. The number of nitrogens with one attached hydrogen (secondary N) is 2. The van der Waals surface area contributed by atoms with E-state index < -0.39 is 10.0 Å². The molecule has 3 rings (SSSR count). The summed E-state index contributed by atoms with van der Waals surface area (Å²) in [7, 11) is -3.39. The molecule has 1 aromatic rings. The first kappa shape index (κ1) is 11.5. The van der Waals surface area contributed by atoms with E-state index in [9.17, 15) is 8.42 Å². The summed E-state index contributed by atoms with van der Waals surface area (Å²) < 4.78 is 26.9. The van der Waals surface area contributed by atoms with Gasteiger partial charge in [-0.25, -0.2) is 13.1 Å². The fourth-order valence-corrected chi connectivity index (χ4v) is 3.92. The monoisotopic (exact) mass is 272 g/mol. The zero-order valence-corrected chi connectivity index (χ0v) is 10.6. The van der Waals surface area contributed by atoms with Gasteiger partial charge in [0.05, 0.1) is 4.90 Å². The van der Waals surface area contributed by atoms with Crippen LogP contribution in [0.1, 0.15) is 0 Å². The molecule has 2 unspecified atom stereocenters. The van der Waals surface area contributed by atoms with Crippen LogP contribution >= 0.6 is 11.6 Å². The zero-order valence-electron chi connectivity index (χ0n) is 9.06. The van der Waals surface area contributed by atoms with Gasteiger partial charge in [0.15, 0.2) is 0 Å². The second-order valence-corrected chi connectivity index (χ2v) is 6.74. The first-order chi connectivity index (χ1) is 8.08. The molecule has 1 saturated carbocycles. The maximum atomic E-state index is 12.1. The van der Waals surface area contributed by atoms with Crippen molar-refractivity contribution in [2.75, 3.05) is 13.1 Å². The Hall–Kier alpha value is -0.620. The summed E-state index contributed by atoms with van der Waals surface area (Å²) >= 11 is 5.73. The molecule has 4 nitrogen and oxygen atoms in total. The maximum absolute atomic E-state index is 12.1. The van der Waals surface area contributed by atoms with Gasteiger partial charge in [-0.15, -0.1) is 0 Å². The third-order valence-corrected chi connectivity index (χ3v) is 5.23.